The van der Waals surface area contributed by atoms with E-state index in [4.69, 9.17) is 10.6 Å². The number of hydrogen-bond acceptors (Lipinski definition) is 12. The number of aliphatic carboxylic acids is 2. The van der Waals surface area contributed by atoms with E-state index in [1.54, 1.807) is 11.8 Å². The molecule has 3 fully saturated rings. The number of quaternary nitrogens is 1. The van der Waals surface area contributed by atoms with Crippen LogP contribution in [0.4, 0.5) is 5.13 Å². The molecule has 16 heteroatoms. The lowest BCUT2D eigenvalue weighted by atomic mass is 10.0. The summed E-state index contributed by atoms with van der Waals surface area (Å²) in [5.74, 6) is -1.75. The quantitative estimate of drug-likeness (QED) is 0.166. The number of hydrogen-bond donors (Lipinski definition) is 4. The number of likely N-dealkylation sites (tertiary alicyclic amines) is 2. The van der Waals surface area contributed by atoms with Gasteiger partial charge in [-0.2, -0.15) is 9.36 Å². The highest BCUT2D eigenvalue weighted by molar-refractivity contribution is 8.00. The summed E-state index contributed by atoms with van der Waals surface area (Å²) >= 11 is 2.47. The molecule has 1 amide bonds. The number of likely N-dealkylation sites (N-methyl/N-ethyl adjacent to an activating group) is 2. The molecular weight excluding hydrogens is 560 g/mol. The van der Waals surface area contributed by atoms with Crippen molar-refractivity contribution < 1.29 is 33.9 Å². The molecule has 0 radical (unpaired) electrons. The van der Waals surface area contributed by atoms with Crippen molar-refractivity contribution in [3.05, 3.63) is 17.1 Å². The highest BCUT2D eigenvalue weighted by Gasteiger charge is 2.51. The molecule has 0 bridgehead atoms. The van der Waals surface area contributed by atoms with Gasteiger partial charge in [0.2, 0.25) is 17.1 Å². The van der Waals surface area contributed by atoms with E-state index in [1.165, 1.54) is 20.3 Å². The SMILES string of the molecule is CN1CCC2C[N+](C)(CC3=C(C(=O)O)N4C[C@@H](NC(=O)/C(=N\OC(C)(C)C(=O)O)c5nsc(N)n5)[C@H]4SC3)CC21. The van der Waals surface area contributed by atoms with Crippen LogP contribution in [-0.2, 0) is 19.2 Å². The van der Waals surface area contributed by atoms with E-state index in [0.717, 1.165) is 41.2 Å². The number of rotatable bonds is 9. The van der Waals surface area contributed by atoms with Crippen molar-refractivity contribution in [2.75, 3.05) is 58.3 Å². The number of amides is 1. The molecule has 1 aromatic rings. The van der Waals surface area contributed by atoms with Crippen LogP contribution in [0.25, 0.3) is 0 Å². The van der Waals surface area contributed by atoms with Gasteiger partial charge in [0.25, 0.3) is 5.91 Å². The van der Waals surface area contributed by atoms with Crippen molar-refractivity contribution in [1.29, 1.82) is 0 Å². The minimum Gasteiger partial charge on any atom is -0.478 e. The highest BCUT2D eigenvalue weighted by Crippen LogP contribution is 2.41. The van der Waals surface area contributed by atoms with Gasteiger partial charge in [-0.15, -0.1) is 11.8 Å². The summed E-state index contributed by atoms with van der Waals surface area (Å²) in [4.78, 5) is 50.5. The molecule has 218 valence electrons. The molecule has 0 aliphatic carbocycles. The van der Waals surface area contributed by atoms with Crippen molar-refractivity contribution in [2.45, 2.75) is 43.3 Å². The van der Waals surface area contributed by atoms with Crippen LogP contribution in [0.15, 0.2) is 16.4 Å². The Hall–Kier alpha value is -2.95. The van der Waals surface area contributed by atoms with Gasteiger partial charge in [0, 0.05) is 35.3 Å². The summed E-state index contributed by atoms with van der Waals surface area (Å²) in [6, 6.07) is 0.182. The van der Waals surface area contributed by atoms with E-state index < -0.39 is 23.4 Å². The van der Waals surface area contributed by atoms with Crippen LogP contribution in [0.3, 0.4) is 0 Å². The predicted molar refractivity (Wildman–Crippen MR) is 149 cm³/mol. The molecule has 0 aromatic carbocycles. The fraction of sp³-hybridized carbons (Fsp3) is 0.667. The topological polar surface area (TPSA) is 184 Å². The van der Waals surface area contributed by atoms with Gasteiger partial charge >= 0.3 is 11.9 Å². The molecule has 3 saturated heterocycles. The molecule has 3 unspecified atom stereocenters. The number of anilines is 1. The number of fused-ring (bicyclic) bond motifs is 2. The minimum absolute atomic E-state index is 0.0833. The number of carboxylic acid groups (broad SMARTS) is 2. The zero-order valence-electron chi connectivity index (χ0n) is 22.9. The number of nitrogens with two attached hydrogens (primary N) is 1. The Labute approximate surface area is 240 Å². The first-order valence-electron chi connectivity index (χ1n) is 13.1. The first-order chi connectivity index (χ1) is 18.8. The minimum atomic E-state index is -1.69. The maximum absolute atomic E-state index is 13.2. The Balaban J connectivity index is 1.29. The van der Waals surface area contributed by atoms with Crippen LogP contribution < -0.4 is 11.1 Å². The van der Waals surface area contributed by atoms with Crippen LogP contribution in [0.5, 0.6) is 0 Å². The number of carboxylic acids is 2. The highest BCUT2D eigenvalue weighted by atomic mass is 32.2. The summed E-state index contributed by atoms with van der Waals surface area (Å²) < 4.78 is 4.86. The van der Waals surface area contributed by atoms with Gasteiger partial charge in [0.1, 0.15) is 12.2 Å². The third kappa shape index (κ3) is 5.36. The zero-order valence-corrected chi connectivity index (χ0v) is 24.5. The van der Waals surface area contributed by atoms with Crippen molar-refractivity contribution in [2.24, 2.45) is 11.1 Å². The van der Waals surface area contributed by atoms with Crippen molar-refractivity contribution in [3.63, 3.8) is 0 Å². The number of aromatic nitrogens is 2. The second-order valence-electron chi connectivity index (χ2n) is 11.7. The van der Waals surface area contributed by atoms with Gasteiger partial charge in [0.05, 0.1) is 37.6 Å². The lowest BCUT2D eigenvalue weighted by molar-refractivity contribution is -0.895. The number of oxime groups is 1. The summed E-state index contributed by atoms with van der Waals surface area (Å²) in [5.41, 5.74) is 4.93. The monoisotopic (exact) mass is 595 g/mol. The van der Waals surface area contributed by atoms with Gasteiger partial charge in [-0.05, 0) is 33.9 Å². The van der Waals surface area contributed by atoms with E-state index in [2.05, 4.69) is 38.8 Å². The van der Waals surface area contributed by atoms with Gasteiger partial charge in [-0.25, -0.2) is 9.59 Å². The maximum atomic E-state index is 13.2. The number of thioether (sulfide) groups is 1. The molecule has 5 heterocycles. The Morgan fingerprint density at radius 3 is 2.67 bits per heavy atom. The number of carbonyl (C=O) groups is 3. The van der Waals surface area contributed by atoms with Gasteiger partial charge in [-0.1, -0.05) is 5.16 Å². The first kappa shape index (κ1) is 28.6. The van der Waals surface area contributed by atoms with E-state index in [1.807, 2.05) is 4.90 Å². The molecule has 4 aliphatic rings. The van der Waals surface area contributed by atoms with E-state index in [0.29, 0.717) is 36.5 Å². The molecular formula is C24H35N8O6S2+. The van der Waals surface area contributed by atoms with Crippen LogP contribution in [0.1, 0.15) is 26.1 Å². The van der Waals surface area contributed by atoms with Gasteiger partial charge in [-0.3, -0.25) is 9.69 Å². The van der Waals surface area contributed by atoms with E-state index in [-0.39, 0.29) is 28.1 Å². The molecule has 4 aliphatic heterocycles. The predicted octanol–water partition coefficient (Wildman–Crippen LogP) is -0.303. The lowest BCUT2D eigenvalue weighted by Crippen LogP contribution is -2.67. The Bertz CT molecular complexity index is 1280. The molecule has 5 rings (SSSR count). The van der Waals surface area contributed by atoms with Gasteiger partial charge < -0.3 is 35.5 Å². The van der Waals surface area contributed by atoms with Crippen molar-refractivity contribution in [3.8, 4) is 0 Å². The molecule has 0 saturated carbocycles. The zero-order chi connectivity index (χ0) is 29.0. The maximum Gasteiger partial charge on any atom is 0.352 e. The lowest BCUT2D eigenvalue weighted by Gasteiger charge is -2.52. The average molecular weight is 596 g/mol. The number of nitrogen functional groups attached to an aromatic ring is 1. The van der Waals surface area contributed by atoms with E-state index >= 15 is 0 Å². The fourth-order valence-electron chi connectivity index (χ4n) is 6.10. The summed E-state index contributed by atoms with van der Waals surface area (Å²) in [6.07, 6.45) is 1.19. The van der Waals surface area contributed by atoms with Crippen LogP contribution in [-0.4, -0.2) is 133 Å². The molecule has 1 aromatic heterocycles. The molecule has 5 N–H and O–H groups in total. The second kappa shape index (κ2) is 10.5. The fourth-order valence-corrected chi connectivity index (χ4v) is 7.89. The van der Waals surface area contributed by atoms with Crippen molar-refractivity contribution in [1.82, 2.24) is 24.5 Å². The standard InChI is InChI=1S/C24H34N8O6S2/c1-24(2,22(36)37)38-28-16(18-27-23(25)40-29-18)19(33)26-14-7-31-17(21(34)35)13(11-39-20(14)31)9-32(4)8-12-5-6-30(3)15(12)10-32/h12,14-15,20H,5-11H2,1-4H3,(H4-,25,26,27,29,33,34,35,36,37)/p+1/b28-16-/t12?,14-,15?,20-,32?/m1/s1. The second-order valence-corrected chi connectivity index (χ2v) is 13.6. The van der Waals surface area contributed by atoms with Crippen LogP contribution in [0, 0.1) is 5.92 Å². The third-order valence-corrected chi connectivity index (χ3v) is 10.2. The summed E-state index contributed by atoms with van der Waals surface area (Å²) in [5, 5.41) is 26.0. The van der Waals surface area contributed by atoms with Gasteiger partial charge in [0.15, 0.2) is 5.13 Å². The third-order valence-electron chi connectivity index (χ3n) is 8.20. The number of carbonyl (C=O) groups excluding carboxylic acids is 1. The van der Waals surface area contributed by atoms with Crippen LogP contribution in [0.2, 0.25) is 0 Å². The Morgan fingerprint density at radius 2 is 2.05 bits per heavy atom. The molecule has 40 heavy (non-hydrogen) atoms. The molecule has 0 spiro atoms. The first-order valence-corrected chi connectivity index (χ1v) is 14.9. The Morgan fingerprint density at radius 1 is 1.30 bits per heavy atom. The Kier molecular flexibility index (Phi) is 7.48. The normalized spacial score (nSPS) is 30.5. The summed E-state index contributed by atoms with van der Waals surface area (Å²) in [6.45, 7) is 6.80. The smallest absolute Gasteiger partial charge is 0.352 e. The van der Waals surface area contributed by atoms with Crippen molar-refractivity contribution >= 4 is 52.0 Å². The average Bonchev–Trinajstić information content (AvgIpc) is 3.52. The molecule has 14 nitrogen and oxygen atoms in total. The summed E-state index contributed by atoms with van der Waals surface area (Å²) in [7, 11) is 4.40. The largest absolute Gasteiger partial charge is 0.478 e. The molecule has 5 atom stereocenters. The number of nitrogens with one attached hydrogen (secondary N) is 1. The van der Waals surface area contributed by atoms with E-state index in [9.17, 15) is 24.6 Å². The number of nitrogens with zero attached hydrogens (tertiary/aromatic N) is 6. The van der Waals surface area contributed by atoms with Crippen LogP contribution >= 0.6 is 23.3 Å².